The molecule has 0 aliphatic heterocycles. The van der Waals surface area contributed by atoms with Crippen LogP contribution in [0.2, 0.25) is 0 Å². The molecule has 0 radical (unpaired) electrons. The van der Waals surface area contributed by atoms with Gasteiger partial charge in [-0.2, -0.15) is 9.97 Å². The molecule has 12 aromatic rings. The molecule has 6 heteroatoms. The molecule has 4 heterocycles. The van der Waals surface area contributed by atoms with E-state index in [9.17, 15) is 0 Å². The lowest BCUT2D eigenvalue weighted by atomic mass is 9.99. The summed E-state index contributed by atoms with van der Waals surface area (Å²) in [4.78, 5) is 16.0. The molecule has 0 N–H and O–H groups in total. The minimum absolute atomic E-state index is 0.566. The van der Waals surface area contributed by atoms with Crippen molar-refractivity contribution in [2.45, 2.75) is 0 Å². The Kier molecular flexibility index (Phi) is 7.03. The molecule has 4 aromatic heterocycles. The summed E-state index contributed by atoms with van der Waals surface area (Å²) in [5, 5.41) is 6.81. The third-order valence-electron chi connectivity index (χ3n) is 11.1. The SMILES string of the molecule is c1ccc(-c2ccc(-c3ccc(-c4nc(-c5cccc6oc7ccccc7c56)nc(-n5c6ccccc6c6ccc7c8ccccc8sc7c65)n4)cc3)cc2)cc1. The van der Waals surface area contributed by atoms with Crippen LogP contribution < -0.4 is 0 Å². The van der Waals surface area contributed by atoms with E-state index in [-0.39, 0.29) is 0 Å². The largest absolute Gasteiger partial charge is 0.456 e. The van der Waals surface area contributed by atoms with E-state index >= 15 is 0 Å². The number of furan rings is 1. The number of aromatic nitrogens is 4. The first kappa shape index (κ1) is 31.9. The number of fused-ring (bicyclic) bond motifs is 10. The van der Waals surface area contributed by atoms with Gasteiger partial charge in [-0.25, -0.2) is 4.98 Å². The van der Waals surface area contributed by atoms with Crippen molar-refractivity contribution in [3.63, 3.8) is 0 Å². The van der Waals surface area contributed by atoms with E-state index in [2.05, 4.69) is 150 Å². The van der Waals surface area contributed by atoms with Crippen molar-refractivity contribution in [1.82, 2.24) is 19.5 Å². The number of hydrogen-bond donors (Lipinski definition) is 0. The average Bonchev–Trinajstić information content (AvgIpc) is 3.96. The Bertz CT molecular complexity index is 3510. The summed E-state index contributed by atoms with van der Waals surface area (Å²) in [6.45, 7) is 0. The van der Waals surface area contributed by atoms with Gasteiger partial charge in [-0.1, -0.05) is 158 Å². The van der Waals surface area contributed by atoms with Crippen LogP contribution in [0.3, 0.4) is 0 Å². The number of para-hydroxylation sites is 2. The van der Waals surface area contributed by atoms with Gasteiger partial charge in [0.25, 0.3) is 0 Å². The Morgan fingerprint density at radius 3 is 1.79 bits per heavy atom. The molecule has 0 fully saturated rings. The van der Waals surface area contributed by atoms with Gasteiger partial charge >= 0.3 is 0 Å². The Morgan fingerprint density at radius 1 is 0.404 bits per heavy atom. The molecule has 8 aromatic carbocycles. The van der Waals surface area contributed by atoms with Crippen LogP contribution >= 0.6 is 11.3 Å². The van der Waals surface area contributed by atoms with Crippen LogP contribution in [-0.4, -0.2) is 19.5 Å². The quantitative estimate of drug-likeness (QED) is 0.176. The van der Waals surface area contributed by atoms with Gasteiger partial charge in [-0.05, 0) is 46.5 Å². The molecule has 0 atom stereocenters. The molecule has 0 saturated heterocycles. The predicted molar refractivity (Wildman–Crippen MR) is 236 cm³/mol. The fourth-order valence-corrected chi connectivity index (χ4v) is 9.65. The Hall–Kier alpha value is -7.41. The lowest BCUT2D eigenvalue weighted by Crippen LogP contribution is -2.06. The van der Waals surface area contributed by atoms with Crippen LogP contribution in [0, 0.1) is 0 Å². The fraction of sp³-hybridized carbons (Fsp3) is 0. The minimum atomic E-state index is 0.566. The molecule has 5 nitrogen and oxygen atoms in total. The second-order valence-electron chi connectivity index (χ2n) is 14.4. The Morgan fingerprint density at radius 2 is 1.00 bits per heavy atom. The van der Waals surface area contributed by atoms with Crippen molar-refractivity contribution in [2.75, 3.05) is 0 Å². The molecule has 57 heavy (non-hydrogen) atoms. The maximum atomic E-state index is 6.34. The first-order valence-corrected chi connectivity index (χ1v) is 19.8. The second kappa shape index (κ2) is 12.6. The van der Waals surface area contributed by atoms with Crippen LogP contribution in [0.5, 0.6) is 0 Å². The lowest BCUT2D eigenvalue weighted by Gasteiger charge is -2.12. The third-order valence-corrected chi connectivity index (χ3v) is 12.3. The van der Waals surface area contributed by atoms with E-state index in [0.717, 1.165) is 60.6 Å². The summed E-state index contributed by atoms with van der Waals surface area (Å²) in [5.41, 5.74) is 10.2. The first-order chi connectivity index (χ1) is 28.2. The maximum absolute atomic E-state index is 6.34. The molecule has 0 saturated carbocycles. The molecule has 0 unspecified atom stereocenters. The van der Waals surface area contributed by atoms with E-state index < -0.39 is 0 Å². The highest BCUT2D eigenvalue weighted by Gasteiger charge is 2.22. The number of thiophene rings is 1. The zero-order valence-corrected chi connectivity index (χ0v) is 31.2. The van der Waals surface area contributed by atoms with Crippen molar-refractivity contribution in [3.05, 3.63) is 182 Å². The summed E-state index contributed by atoms with van der Waals surface area (Å²) >= 11 is 1.82. The summed E-state index contributed by atoms with van der Waals surface area (Å²) in [6, 6.07) is 63.7. The number of hydrogen-bond acceptors (Lipinski definition) is 5. The van der Waals surface area contributed by atoms with Crippen molar-refractivity contribution >= 4 is 75.3 Å². The molecule has 266 valence electrons. The van der Waals surface area contributed by atoms with Gasteiger partial charge in [0.15, 0.2) is 11.6 Å². The van der Waals surface area contributed by atoms with Gasteiger partial charge in [0.05, 0.1) is 15.7 Å². The van der Waals surface area contributed by atoms with E-state index in [1.807, 2.05) is 47.7 Å². The number of nitrogens with zero attached hydrogens (tertiary/aromatic N) is 4. The van der Waals surface area contributed by atoms with Crippen LogP contribution in [0.4, 0.5) is 0 Å². The minimum Gasteiger partial charge on any atom is -0.456 e. The zero-order valence-electron chi connectivity index (χ0n) is 30.4. The van der Waals surface area contributed by atoms with Crippen LogP contribution in [0.1, 0.15) is 0 Å². The molecule has 0 aliphatic carbocycles. The predicted octanol–water partition coefficient (Wildman–Crippen LogP) is 13.9. The van der Waals surface area contributed by atoms with E-state index in [4.69, 9.17) is 19.4 Å². The van der Waals surface area contributed by atoms with E-state index in [1.54, 1.807) is 0 Å². The van der Waals surface area contributed by atoms with Gasteiger partial charge in [-0.15, -0.1) is 11.3 Å². The van der Waals surface area contributed by atoms with Crippen LogP contribution in [-0.2, 0) is 0 Å². The van der Waals surface area contributed by atoms with Gasteiger partial charge in [0.1, 0.15) is 11.2 Å². The van der Waals surface area contributed by atoms with Gasteiger partial charge in [-0.3, -0.25) is 4.57 Å². The highest BCUT2D eigenvalue weighted by Crippen LogP contribution is 2.43. The van der Waals surface area contributed by atoms with E-state index in [1.165, 1.54) is 36.7 Å². The van der Waals surface area contributed by atoms with Gasteiger partial charge in [0.2, 0.25) is 5.95 Å². The van der Waals surface area contributed by atoms with Gasteiger partial charge in [0, 0.05) is 48.1 Å². The standard InChI is InChI=1S/C51H30N4OS/c1-2-11-31(12-3-1)32-21-23-33(24-22-32)34-25-27-35(28-26-34)49-52-50(41-16-10-19-44-46(41)40-15-5-8-18-43(40)56-44)54-51(53-49)55-42-17-7-4-13-36(42)38-29-30-39-37-14-6-9-20-45(37)57-48(39)47(38)55/h1-30H. The summed E-state index contributed by atoms with van der Waals surface area (Å²) in [7, 11) is 0. The highest BCUT2D eigenvalue weighted by molar-refractivity contribution is 7.26. The first-order valence-electron chi connectivity index (χ1n) is 19.0. The monoisotopic (exact) mass is 746 g/mol. The maximum Gasteiger partial charge on any atom is 0.238 e. The molecular weight excluding hydrogens is 717 g/mol. The fourth-order valence-electron chi connectivity index (χ4n) is 8.41. The third kappa shape index (κ3) is 5.04. The molecule has 0 bridgehead atoms. The Labute approximate surface area is 330 Å². The van der Waals surface area contributed by atoms with Crippen molar-refractivity contribution in [1.29, 1.82) is 0 Å². The molecular formula is C51H30N4OS. The molecule has 0 spiro atoms. The van der Waals surface area contributed by atoms with Crippen molar-refractivity contribution in [3.8, 4) is 51.0 Å². The molecule has 0 amide bonds. The molecule has 12 rings (SSSR count). The van der Waals surface area contributed by atoms with Crippen molar-refractivity contribution < 1.29 is 4.42 Å². The number of benzene rings is 8. The normalized spacial score (nSPS) is 11.9. The Balaban J connectivity index is 1.09. The summed E-state index contributed by atoms with van der Waals surface area (Å²) in [6.07, 6.45) is 0. The second-order valence-corrected chi connectivity index (χ2v) is 15.4. The smallest absolute Gasteiger partial charge is 0.238 e. The topological polar surface area (TPSA) is 56.7 Å². The molecule has 0 aliphatic rings. The van der Waals surface area contributed by atoms with Gasteiger partial charge < -0.3 is 4.42 Å². The van der Waals surface area contributed by atoms with Crippen LogP contribution in [0.25, 0.3) is 115 Å². The van der Waals surface area contributed by atoms with Crippen molar-refractivity contribution in [2.24, 2.45) is 0 Å². The number of rotatable bonds is 5. The lowest BCUT2D eigenvalue weighted by molar-refractivity contribution is 0.669. The average molecular weight is 747 g/mol. The van der Waals surface area contributed by atoms with Crippen LogP contribution in [0.15, 0.2) is 186 Å². The summed E-state index contributed by atoms with van der Waals surface area (Å²) < 4.78 is 11.0. The highest BCUT2D eigenvalue weighted by atomic mass is 32.1. The zero-order chi connectivity index (χ0) is 37.5. The summed E-state index contributed by atoms with van der Waals surface area (Å²) in [5.74, 6) is 1.75. The van der Waals surface area contributed by atoms with E-state index in [0.29, 0.717) is 17.6 Å².